The molecule has 118 valence electrons. The summed E-state index contributed by atoms with van der Waals surface area (Å²) < 4.78 is 0. The number of rotatable bonds is 4. The molecular weight excluding hydrogens is 268 g/mol. The largest absolute Gasteiger partial charge is 0.352 e. The minimum absolute atomic E-state index is 0.833. The minimum Gasteiger partial charge on any atom is -0.352 e. The van der Waals surface area contributed by atoms with Gasteiger partial charge in [0.05, 0.1) is 0 Å². The lowest BCUT2D eigenvalue weighted by molar-refractivity contribution is 0.255. The van der Waals surface area contributed by atoms with E-state index in [1.807, 2.05) is 25.2 Å². The van der Waals surface area contributed by atoms with Gasteiger partial charge in [-0.25, -0.2) is 9.59 Å². The molecule has 0 saturated carbocycles. The van der Waals surface area contributed by atoms with E-state index in [1.165, 1.54) is 0 Å². The van der Waals surface area contributed by atoms with E-state index in [9.17, 15) is 0 Å². The van der Waals surface area contributed by atoms with Crippen molar-refractivity contribution < 1.29 is 9.59 Å². The first-order valence-corrected chi connectivity index (χ1v) is 5.64. The zero-order valence-corrected chi connectivity index (χ0v) is 12.5. The van der Waals surface area contributed by atoms with Gasteiger partial charge in [0.1, 0.15) is 0 Å². The van der Waals surface area contributed by atoms with Gasteiger partial charge in [0.25, 0.3) is 0 Å². The van der Waals surface area contributed by atoms with Crippen molar-refractivity contribution in [2.45, 2.75) is 6.92 Å². The molecule has 0 aliphatic rings. The Hall–Kier alpha value is -3.02. The van der Waals surface area contributed by atoms with Gasteiger partial charge in [0, 0.05) is 0 Å². The Morgan fingerprint density at radius 1 is 0.762 bits per heavy atom. The molecule has 0 aliphatic heterocycles. The monoisotopic (exact) mass is 294 g/mol. The predicted molar refractivity (Wildman–Crippen MR) is 91.2 cm³/mol. The number of nitrogens with two attached hydrogens (primary N) is 4. The van der Waals surface area contributed by atoms with Crippen LogP contribution in [0.1, 0.15) is 6.92 Å². The molecule has 0 aromatic rings. The number of hydrogen-bond donors (Lipinski definition) is 4. The highest BCUT2D eigenvalue weighted by Gasteiger charge is 1.72. The van der Waals surface area contributed by atoms with Crippen molar-refractivity contribution >= 4 is 12.1 Å². The molecule has 0 aliphatic carbocycles. The topological polar surface area (TPSA) is 138 Å². The lowest BCUT2D eigenvalue weighted by Crippen LogP contribution is -2.18. The fourth-order valence-corrected chi connectivity index (χ4v) is 0.476. The van der Waals surface area contributed by atoms with Gasteiger partial charge < -0.3 is 22.9 Å². The summed E-state index contributed by atoms with van der Waals surface area (Å²) in [4.78, 5) is 18.0. The second-order valence-electron chi connectivity index (χ2n) is 2.86. The molecule has 0 fully saturated rings. The maximum atomic E-state index is 9.00. The lowest BCUT2D eigenvalue weighted by Gasteiger charge is -1.82. The van der Waals surface area contributed by atoms with Gasteiger partial charge in [-0.1, -0.05) is 68.8 Å². The van der Waals surface area contributed by atoms with E-state index < -0.39 is 12.1 Å². The third-order valence-electron chi connectivity index (χ3n) is 1.19. The predicted octanol–water partition coefficient (Wildman–Crippen LogP) is 2.27. The SMILES string of the molecule is C=CC(C=C)=CC.C=CC=CC=C.NC(N)=O.NC(N)=O. The molecule has 4 amide bonds. The van der Waals surface area contributed by atoms with Crippen LogP contribution in [-0.2, 0) is 0 Å². The third kappa shape index (κ3) is 107. The van der Waals surface area contributed by atoms with Crippen LogP contribution in [0.5, 0.6) is 0 Å². The number of hydrogen-bond acceptors (Lipinski definition) is 2. The molecule has 0 aromatic carbocycles. The van der Waals surface area contributed by atoms with Gasteiger partial charge in [-0.15, -0.1) is 0 Å². The normalized spacial score (nSPS) is 7.10. The van der Waals surface area contributed by atoms with Crippen molar-refractivity contribution in [1.29, 1.82) is 0 Å². The van der Waals surface area contributed by atoms with Gasteiger partial charge in [-0.2, -0.15) is 0 Å². The maximum Gasteiger partial charge on any atom is 0.309 e. The van der Waals surface area contributed by atoms with Crippen molar-refractivity contribution in [3.05, 3.63) is 74.4 Å². The lowest BCUT2D eigenvalue weighted by atomic mass is 10.2. The van der Waals surface area contributed by atoms with E-state index in [0.717, 1.165) is 5.57 Å². The van der Waals surface area contributed by atoms with Gasteiger partial charge in [0.15, 0.2) is 0 Å². The van der Waals surface area contributed by atoms with E-state index in [2.05, 4.69) is 49.3 Å². The summed E-state index contributed by atoms with van der Waals surface area (Å²) in [5, 5.41) is 0. The minimum atomic E-state index is -0.833. The van der Waals surface area contributed by atoms with Crippen LogP contribution in [0.3, 0.4) is 0 Å². The molecule has 0 spiro atoms. The van der Waals surface area contributed by atoms with Crippen LogP contribution in [0.25, 0.3) is 0 Å². The summed E-state index contributed by atoms with van der Waals surface area (Å²) in [6.45, 7) is 16.0. The first-order chi connectivity index (χ1) is 9.72. The second kappa shape index (κ2) is 25.7. The molecule has 0 atom stereocenters. The summed E-state index contributed by atoms with van der Waals surface area (Å²) in [6.07, 6.45) is 12.6. The molecule has 0 unspecified atom stereocenters. The Kier molecular flexibility index (Phi) is 32.5. The fraction of sp³-hybridized carbons (Fsp3) is 0.0667. The van der Waals surface area contributed by atoms with Crippen LogP contribution in [0.15, 0.2) is 74.4 Å². The number of primary amides is 4. The van der Waals surface area contributed by atoms with Gasteiger partial charge >= 0.3 is 12.1 Å². The van der Waals surface area contributed by atoms with E-state index >= 15 is 0 Å². The molecule has 6 heteroatoms. The molecule has 0 aromatic heterocycles. The van der Waals surface area contributed by atoms with E-state index in [0.29, 0.717) is 0 Å². The molecule has 6 nitrogen and oxygen atoms in total. The summed E-state index contributed by atoms with van der Waals surface area (Å²) in [6, 6.07) is -1.67. The van der Waals surface area contributed by atoms with Gasteiger partial charge in [-0.05, 0) is 12.5 Å². The Labute approximate surface area is 126 Å². The Bertz CT molecular complexity index is 343. The van der Waals surface area contributed by atoms with Crippen LogP contribution < -0.4 is 22.9 Å². The fourth-order valence-electron chi connectivity index (χ4n) is 0.476. The Morgan fingerprint density at radius 3 is 1.05 bits per heavy atom. The van der Waals surface area contributed by atoms with Gasteiger partial charge in [0.2, 0.25) is 0 Å². The van der Waals surface area contributed by atoms with Crippen LogP contribution in [0, 0.1) is 0 Å². The number of urea groups is 2. The Balaban J connectivity index is -0.0000000948. The zero-order chi connectivity index (χ0) is 17.7. The van der Waals surface area contributed by atoms with Crippen LogP contribution in [0.2, 0.25) is 0 Å². The molecule has 0 bridgehead atoms. The number of carbonyl (C=O) groups is 2. The second-order valence-corrected chi connectivity index (χ2v) is 2.86. The van der Waals surface area contributed by atoms with Crippen LogP contribution in [0.4, 0.5) is 9.59 Å². The Morgan fingerprint density at radius 2 is 1.00 bits per heavy atom. The first kappa shape index (κ1) is 26.5. The average molecular weight is 294 g/mol. The number of amides is 4. The van der Waals surface area contributed by atoms with Crippen molar-refractivity contribution in [2.24, 2.45) is 22.9 Å². The molecular formula is C15H26N4O2. The molecule has 0 saturated heterocycles. The first-order valence-electron chi connectivity index (χ1n) is 5.64. The zero-order valence-electron chi connectivity index (χ0n) is 12.5. The molecule has 0 radical (unpaired) electrons. The standard InChI is InChI=1S/C7H10.C6H8.2CH4N2O/c1-4-7(5-2)6-3;1-3-5-6-4-2;2*2-1(3)4/h4-6H,1-2H2,3H3;3-6H,1-2H2;2*(H4,2,3,4). The van der Waals surface area contributed by atoms with Crippen molar-refractivity contribution in [2.75, 3.05) is 0 Å². The highest BCUT2D eigenvalue weighted by atomic mass is 16.2. The van der Waals surface area contributed by atoms with E-state index in [1.54, 1.807) is 24.3 Å². The number of carbonyl (C=O) groups excluding carboxylic acids is 2. The molecule has 8 N–H and O–H groups in total. The average Bonchev–Trinajstić information content (AvgIpc) is 2.38. The summed E-state index contributed by atoms with van der Waals surface area (Å²) in [5.74, 6) is 0. The summed E-state index contributed by atoms with van der Waals surface area (Å²) in [7, 11) is 0. The van der Waals surface area contributed by atoms with Crippen LogP contribution in [-0.4, -0.2) is 12.1 Å². The number of allylic oxidation sites excluding steroid dienone is 8. The maximum absolute atomic E-state index is 9.00. The van der Waals surface area contributed by atoms with Crippen molar-refractivity contribution in [3.8, 4) is 0 Å². The molecule has 0 heterocycles. The highest BCUT2D eigenvalue weighted by molar-refractivity contribution is 5.69. The third-order valence-corrected chi connectivity index (χ3v) is 1.19. The summed E-state index contributed by atoms with van der Waals surface area (Å²) >= 11 is 0. The van der Waals surface area contributed by atoms with Gasteiger partial charge in [-0.3, -0.25) is 0 Å². The van der Waals surface area contributed by atoms with E-state index in [4.69, 9.17) is 9.59 Å². The molecule has 0 rings (SSSR count). The van der Waals surface area contributed by atoms with Crippen LogP contribution >= 0.6 is 0 Å². The van der Waals surface area contributed by atoms with E-state index in [-0.39, 0.29) is 0 Å². The molecule has 21 heavy (non-hydrogen) atoms. The van der Waals surface area contributed by atoms with Crippen molar-refractivity contribution in [1.82, 2.24) is 0 Å². The quantitative estimate of drug-likeness (QED) is 0.591. The smallest absolute Gasteiger partial charge is 0.309 e. The van der Waals surface area contributed by atoms with Crippen molar-refractivity contribution in [3.63, 3.8) is 0 Å². The summed E-state index contributed by atoms with van der Waals surface area (Å²) in [5.41, 5.74) is 18.1. The highest BCUT2D eigenvalue weighted by Crippen LogP contribution is 1.92.